The second kappa shape index (κ2) is 4.97. The molecule has 0 amide bonds. The summed E-state index contributed by atoms with van der Waals surface area (Å²) in [6.07, 6.45) is 2.50. The van der Waals surface area contributed by atoms with Crippen molar-refractivity contribution in [1.29, 1.82) is 0 Å². The van der Waals surface area contributed by atoms with Gasteiger partial charge < -0.3 is 5.11 Å². The summed E-state index contributed by atoms with van der Waals surface area (Å²) in [5, 5.41) is 12.3. The Hall–Kier alpha value is -1.57. The minimum Gasteiger partial charge on any atom is -0.481 e. The van der Waals surface area contributed by atoms with Gasteiger partial charge in [0.2, 0.25) is 10.0 Å². The third kappa shape index (κ3) is 3.89. The topological polar surface area (TPSA) is 101 Å². The predicted molar refractivity (Wildman–Crippen MR) is 57.6 cm³/mol. The molecule has 8 heteroatoms. The fourth-order valence-corrected chi connectivity index (χ4v) is 2.05. The summed E-state index contributed by atoms with van der Waals surface area (Å²) in [7, 11) is -3.61. The van der Waals surface area contributed by atoms with E-state index in [0.717, 1.165) is 0 Å². The lowest BCUT2D eigenvalue weighted by molar-refractivity contribution is -0.136. The van der Waals surface area contributed by atoms with Gasteiger partial charge in [-0.3, -0.25) is 14.2 Å². The van der Waals surface area contributed by atoms with Crippen molar-refractivity contribution < 1.29 is 18.3 Å². The van der Waals surface area contributed by atoms with Gasteiger partial charge in [0.1, 0.15) is 0 Å². The Kier molecular flexibility index (Phi) is 3.88. The first-order chi connectivity index (χ1) is 7.43. The maximum absolute atomic E-state index is 11.4. The van der Waals surface area contributed by atoms with Crippen molar-refractivity contribution in [3.63, 3.8) is 0 Å². The van der Waals surface area contributed by atoms with E-state index in [1.807, 2.05) is 6.92 Å². The van der Waals surface area contributed by atoms with Crippen LogP contribution in [0.25, 0.3) is 0 Å². The number of nitrogens with one attached hydrogen (secondary N) is 1. The van der Waals surface area contributed by atoms with E-state index in [-0.39, 0.29) is 0 Å². The molecular formula is C8H13N3O4S. The van der Waals surface area contributed by atoms with Crippen molar-refractivity contribution in [2.45, 2.75) is 19.9 Å². The number of nitrogens with zero attached hydrogens (tertiary/aromatic N) is 2. The number of sulfonamides is 1. The van der Waals surface area contributed by atoms with Gasteiger partial charge in [-0.25, -0.2) is 8.42 Å². The summed E-state index contributed by atoms with van der Waals surface area (Å²) in [6, 6.07) is 0. The molecule has 2 N–H and O–H groups in total. The fourth-order valence-electron chi connectivity index (χ4n) is 1.04. The summed E-state index contributed by atoms with van der Waals surface area (Å²) in [5.41, 5.74) is 0.340. The van der Waals surface area contributed by atoms with E-state index in [4.69, 9.17) is 5.11 Å². The molecule has 1 aromatic rings. The Balaban J connectivity index is 2.61. The van der Waals surface area contributed by atoms with Gasteiger partial charge in [0, 0.05) is 12.7 Å². The molecule has 7 nitrogen and oxygen atoms in total. The maximum atomic E-state index is 11.4. The smallest absolute Gasteiger partial charge is 0.304 e. The van der Waals surface area contributed by atoms with Crippen LogP contribution in [0.3, 0.4) is 0 Å². The minimum atomic E-state index is -3.61. The Labute approximate surface area is 93.1 Å². The van der Waals surface area contributed by atoms with Gasteiger partial charge in [0.05, 0.1) is 24.1 Å². The maximum Gasteiger partial charge on any atom is 0.304 e. The molecule has 1 heterocycles. The monoisotopic (exact) mass is 247 g/mol. The van der Waals surface area contributed by atoms with Gasteiger partial charge in [-0.05, 0) is 6.92 Å². The van der Waals surface area contributed by atoms with Crippen LogP contribution in [0.1, 0.15) is 13.3 Å². The molecule has 0 aliphatic carbocycles. The number of aromatic nitrogens is 2. The Morgan fingerprint density at radius 3 is 2.81 bits per heavy atom. The number of carbonyl (C=O) groups is 1. The van der Waals surface area contributed by atoms with E-state index >= 15 is 0 Å². The van der Waals surface area contributed by atoms with E-state index in [0.29, 0.717) is 12.2 Å². The van der Waals surface area contributed by atoms with Gasteiger partial charge in [0.25, 0.3) is 0 Å². The number of aryl methyl sites for hydroxylation is 1. The number of rotatable bonds is 6. The van der Waals surface area contributed by atoms with Crippen molar-refractivity contribution in [2.75, 3.05) is 10.5 Å². The average molecular weight is 247 g/mol. The van der Waals surface area contributed by atoms with Crippen molar-refractivity contribution >= 4 is 21.7 Å². The zero-order valence-electron chi connectivity index (χ0n) is 8.75. The lowest BCUT2D eigenvalue weighted by Crippen LogP contribution is -2.18. The van der Waals surface area contributed by atoms with Gasteiger partial charge >= 0.3 is 5.97 Å². The SMILES string of the molecule is CCn1cc(NS(=O)(=O)CCC(=O)O)cn1. The summed E-state index contributed by atoms with van der Waals surface area (Å²) in [4.78, 5) is 10.2. The molecule has 0 saturated carbocycles. The number of aliphatic carboxylic acids is 1. The third-order valence-electron chi connectivity index (χ3n) is 1.82. The first-order valence-corrected chi connectivity index (χ1v) is 6.33. The summed E-state index contributed by atoms with van der Waals surface area (Å²) < 4.78 is 26.6. The summed E-state index contributed by atoms with van der Waals surface area (Å²) in [6.45, 7) is 2.51. The van der Waals surface area contributed by atoms with Crippen LogP contribution in [0.15, 0.2) is 12.4 Å². The second-order valence-corrected chi connectivity index (χ2v) is 4.99. The highest BCUT2D eigenvalue weighted by molar-refractivity contribution is 7.92. The molecule has 0 aromatic carbocycles. The Bertz CT molecular complexity index is 465. The number of anilines is 1. The number of carboxylic acids is 1. The molecule has 0 spiro atoms. The molecule has 0 bridgehead atoms. The van der Waals surface area contributed by atoms with Crippen molar-refractivity contribution in [1.82, 2.24) is 9.78 Å². The van der Waals surface area contributed by atoms with Crippen molar-refractivity contribution in [2.24, 2.45) is 0 Å². The molecule has 0 radical (unpaired) electrons. The largest absolute Gasteiger partial charge is 0.481 e. The van der Waals surface area contributed by atoms with Crippen LogP contribution in [-0.4, -0.2) is 35.0 Å². The summed E-state index contributed by atoms with van der Waals surface area (Å²) in [5.74, 6) is -1.59. The van der Waals surface area contributed by atoms with Crippen LogP contribution in [0.4, 0.5) is 5.69 Å². The standard InChI is InChI=1S/C8H13N3O4S/c1-2-11-6-7(5-9-11)10-16(14,15)4-3-8(12)13/h5-6,10H,2-4H2,1H3,(H,12,13). The zero-order chi connectivity index (χ0) is 12.2. The first kappa shape index (κ1) is 12.5. The molecule has 0 unspecified atom stereocenters. The van der Waals surface area contributed by atoms with E-state index in [1.54, 1.807) is 4.68 Å². The molecule has 1 rings (SSSR count). The second-order valence-electron chi connectivity index (χ2n) is 3.15. The van der Waals surface area contributed by atoms with Crippen LogP contribution < -0.4 is 4.72 Å². The van der Waals surface area contributed by atoms with E-state index < -0.39 is 28.2 Å². The third-order valence-corrected chi connectivity index (χ3v) is 3.10. The van der Waals surface area contributed by atoms with Crippen LogP contribution >= 0.6 is 0 Å². The normalized spacial score (nSPS) is 11.3. The molecule has 0 atom stereocenters. The molecule has 90 valence electrons. The van der Waals surface area contributed by atoms with Crippen LogP contribution in [0.5, 0.6) is 0 Å². The highest BCUT2D eigenvalue weighted by atomic mass is 32.2. The number of hydrogen-bond acceptors (Lipinski definition) is 4. The van der Waals surface area contributed by atoms with Crippen LogP contribution in [-0.2, 0) is 21.4 Å². The summed E-state index contributed by atoms with van der Waals surface area (Å²) >= 11 is 0. The molecule has 16 heavy (non-hydrogen) atoms. The van der Waals surface area contributed by atoms with Gasteiger partial charge in [0.15, 0.2) is 0 Å². The van der Waals surface area contributed by atoms with E-state index in [2.05, 4.69) is 9.82 Å². The van der Waals surface area contributed by atoms with Crippen molar-refractivity contribution in [3.05, 3.63) is 12.4 Å². The quantitative estimate of drug-likeness (QED) is 0.743. The molecule has 0 saturated heterocycles. The highest BCUT2D eigenvalue weighted by Gasteiger charge is 2.13. The number of carboxylic acid groups (broad SMARTS) is 1. The van der Waals surface area contributed by atoms with Crippen LogP contribution in [0.2, 0.25) is 0 Å². The zero-order valence-corrected chi connectivity index (χ0v) is 9.57. The Morgan fingerprint density at radius 1 is 1.62 bits per heavy atom. The molecule has 0 aliphatic heterocycles. The molecule has 0 fully saturated rings. The number of hydrogen-bond donors (Lipinski definition) is 2. The molecule has 1 aromatic heterocycles. The fraction of sp³-hybridized carbons (Fsp3) is 0.500. The lowest BCUT2D eigenvalue weighted by Gasteiger charge is -2.03. The average Bonchev–Trinajstić information content (AvgIpc) is 2.62. The van der Waals surface area contributed by atoms with E-state index in [9.17, 15) is 13.2 Å². The first-order valence-electron chi connectivity index (χ1n) is 4.67. The predicted octanol–water partition coefficient (Wildman–Crippen LogP) is 0.119. The lowest BCUT2D eigenvalue weighted by atomic mass is 10.5. The van der Waals surface area contributed by atoms with Crippen molar-refractivity contribution in [3.8, 4) is 0 Å². The van der Waals surface area contributed by atoms with Gasteiger partial charge in [-0.1, -0.05) is 0 Å². The molecule has 0 aliphatic rings. The Morgan fingerprint density at radius 2 is 2.31 bits per heavy atom. The van der Waals surface area contributed by atoms with E-state index in [1.165, 1.54) is 12.4 Å². The minimum absolute atomic E-state index is 0.340. The highest BCUT2D eigenvalue weighted by Crippen LogP contribution is 2.08. The molecular weight excluding hydrogens is 234 g/mol. The van der Waals surface area contributed by atoms with Crippen LogP contribution in [0, 0.1) is 0 Å². The van der Waals surface area contributed by atoms with Gasteiger partial charge in [-0.2, -0.15) is 5.10 Å². The van der Waals surface area contributed by atoms with Gasteiger partial charge in [-0.15, -0.1) is 0 Å².